The van der Waals surface area contributed by atoms with E-state index in [1.165, 1.54) is 23.4 Å². The van der Waals surface area contributed by atoms with Gasteiger partial charge in [-0.2, -0.15) is 17.9 Å². The summed E-state index contributed by atoms with van der Waals surface area (Å²) in [4.78, 5) is 14.1. The van der Waals surface area contributed by atoms with Gasteiger partial charge in [0.1, 0.15) is 5.69 Å². The van der Waals surface area contributed by atoms with E-state index in [4.69, 9.17) is 0 Å². The second-order valence-corrected chi connectivity index (χ2v) is 8.19. The van der Waals surface area contributed by atoms with E-state index in [2.05, 4.69) is 14.8 Å². The molecule has 1 aromatic heterocycles. The molecule has 1 N–H and O–H groups in total. The van der Waals surface area contributed by atoms with Crippen molar-refractivity contribution in [3.8, 4) is 0 Å². The molecular formula is C17H15F3N6O3S. The highest BCUT2D eigenvalue weighted by molar-refractivity contribution is 7.91. The molecule has 0 bridgehead atoms. The van der Waals surface area contributed by atoms with Gasteiger partial charge in [0.05, 0.1) is 31.0 Å². The van der Waals surface area contributed by atoms with Gasteiger partial charge in [-0.25, -0.2) is 22.3 Å². The Bertz CT molecular complexity index is 1170. The molecule has 2 aliphatic heterocycles. The molecule has 4 rings (SSSR count). The number of hydrogen-bond donors (Lipinski definition) is 1. The Labute approximate surface area is 169 Å². The first-order chi connectivity index (χ1) is 14.2. The summed E-state index contributed by atoms with van der Waals surface area (Å²) in [5.74, 6) is -4.49. The third kappa shape index (κ3) is 3.40. The van der Waals surface area contributed by atoms with Crippen molar-refractivity contribution in [1.82, 2.24) is 14.7 Å². The predicted molar refractivity (Wildman–Crippen MR) is 102 cm³/mol. The number of allylic oxidation sites excluding steroid dienone is 1. The maximum absolute atomic E-state index is 13.4. The summed E-state index contributed by atoms with van der Waals surface area (Å²) < 4.78 is 70.4. The molecule has 0 unspecified atom stereocenters. The minimum atomic E-state index is -3.97. The molecule has 158 valence electrons. The second kappa shape index (κ2) is 7.16. The first-order valence-corrected chi connectivity index (χ1v) is 10.1. The van der Waals surface area contributed by atoms with Crippen LogP contribution in [0, 0.1) is 17.5 Å². The molecule has 2 aromatic rings. The number of carbonyl (C=O) groups is 1. The van der Waals surface area contributed by atoms with Crippen LogP contribution in [0.25, 0.3) is 0 Å². The lowest BCUT2D eigenvalue weighted by Crippen LogP contribution is -2.47. The Morgan fingerprint density at radius 2 is 1.93 bits per heavy atom. The third-order valence-electron chi connectivity index (χ3n) is 4.70. The smallest absolute Gasteiger partial charge is 0.314 e. The highest BCUT2D eigenvalue weighted by atomic mass is 32.2. The zero-order valence-electron chi connectivity index (χ0n) is 15.5. The van der Waals surface area contributed by atoms with Crippen molar-refractivity contribution in [2.45, 2.75) is 26.1 Å². The number of aromatic nitrogens is 2. The van der Waals surface area contributed by atoms with Crippen molar-refractivity contribution in [3.63, 3.8) is 0 Å². The zero-order chi connectivity index (χ0) is 21.6. The lowest BCUT2D eigenvalue weighted by Gasteiger charge is -2.35. The molecule has 2 amide bonds. The topological polar surface area (TPSA) is 99.9 Å². The van der Waals surface area contributed by atoms with Crippen molar-refractivity contribution in [2.75, 3.05) is 9.62 Å². The zero-order valence-corrected chi connectivity index (χ0v) is 16.3. The lowest BCUT2D eigenvalue weighted by atomic mass is 10.2. The molecule has 1 atom stereocenters. The first-order valence-electron chi connectivity index (χ1n) is 8.70. The lowest BCUT2D eigenvalue weighted by molar-refractivity contribution is 0.162. The van der Waals surface area contributed by atoms with Crippen molar-refractivity contribution >= 4 is 33.8 Å². The fraction of sp³-hybridized carbons (Fsp3) is 0.235. The Kier molecular flexibility index (Phi) is 4.76. The van der Waals surface area contributed by atoms with E-state index in [9.17, 15) is 26.4 Å². The van der Waals surface area contributed by atoms with Gasteiger partial charge in [0.2, 0.25) is 0 Å². The minimum Gasteiger partial charge on any atom is -0.314 e. The van der Waals surface area contributed by atoms with Crippen LogP contribution >= 0.6 is 0 Å². The average Bonchev–Trinajstić information content (AvgIpc) is 3.07. The molecular weight excluding hydrogens is 425 g/mol. The first kappa shape index (κ1) is 19.9. The largest absolute Gasteiger partial charge is 0.348 e. The maximum Gasteiger partial charge on any atom is 0.348 e. The van der Waals surface area contributed by atoms with Crippen molar-refractivity contribution in [3.05, 3.63) is 53.8 Å². The van der Waals surface area contributed by atoms with Crippen LogP contribution in [0.5, 0.6) is 0 Å². The quantitative estimate of drug-likeness (QED) is 0.725. The van der Waals surface area contributed by atoms with E-state index in [-0.39, 0.29) is 30.5 Å². The van der Waals surface area contributed by atoms with Crippen LogP contribution in [0.3, 0.4) is 0 Å². The number of anilines is 2. The molecule has 0 aliphatic carbocycles. The number of hydrogen-bond acceptors (Lipinski definition) is 4. The van der Waals surface area contributed by atoms with Crippen LogP contribution in [0.1, 0.15) is 12.6 Å². The molecule has 9 nitrogen and oxygen atoms in total. The maximum atomic E-state index is 13.4. The summed E-state index contributed by atoms with van der Waals surface area (Å²) in [6.07, 6.45) is 5.26. The van der Waals surface area contributed by atoms with Gasteiger partial charge in [0.25, 0.3) is 0 Å². The molecule has 1 aromatic carbocycles. The minimum absolute atomic E-state index is 0.0297. The van der Waals surface area contributed by atoms with Gasteiger partial charge in [-0.05, 0) is 13.0 Å². The number of urea groups is 1. The molecule has 0 saturated heterocycles. The van der Waals surface area contributed by atoms with E-state index in [1.54, 1.807) is 11.6 Å². The number of benzene rings is 1. The number of carbonyl (C=O) groups excluding carboxylic acids is 1. The van der Waals surface area contributed by atoms with E-state index in [0.717, 1.165) is 10.5 Å². The van der Waals surface area contributed by atoms with Gasteiger partial charge in [0, 0.05) is 30.2 Å². The van der Waals surface area contributed by atoms with Gasteiger partial charge in [-0.1, -0.05) is 0 Å². The Morgan fingerprint density at radius 3 is 2.60 bits per heavy atom. The van der Waals surface area contributed by atoms with Crippen molar-refractivity contribution < 1.29 is 26.4 Å². The number of fused-ring (bicyclic) bond motifs is 1. The molecule has 0 spiro atoms. The van der Waals surface area contributed by atoms with Crippen LogP contribution in [-0.4, -0.2) is 41.4 Å². The highest BCUT2D eigenvalue weighted by Gasteiger charge is 2.33. The second-order valence-electron chi connectivity index (χ2n) is 6.69. The van der Waals surface area contributed by atoms with Gasteiger partial charge in [0.15, 0.2) is 17.5 Å². The monoisotopic (exact) mass is 440 g/mol. The van der Waals surface area contributed by atoms with E-state index in [0.29, 0.717) is 17.8 Å². The standard InChI is InChI=1S/C17H15F3N6O3S/c1-10-8-25-15(14(7-21-25)26-4-2-3-22-30(26,28)29)9-24(10)17(27)23-11-5-12(18)16(20)13(19)6-11/h2-7,10H,8-9H2,1H3,(H,23,27)/t10-/m0/s1. The summed E-state index contributed by atoms with van der Waals surface area (Å²) in [7, 11) is -3.97. The third-order valence-corrected chi connectivity index (χ3v) is 5.90. The normalized spacial score (nSPS) is 19.7. The average molecular weight is 440 g/mol. The van der Waals surface area contributed by atoms with Gasteiger partial charge < -0.3 is 10.2 Å². The van der Waals surface area contributed by atoms with Gasteiger partial charge in [-0.15, -0.1) is 0 Å². The van der Waals surface area contributed by atoms with Crippen LogP contribution in [0.15, 0.2) is 35.0 Å². The predicted octanol–water partition coefficient (Wildman–Crippen LogP) is 2.39. The molecule has 0 saturated carbocycles. The molecule has 0 fully saturated rings. The number of rotatable bonds is 2. The molecule has 3 heterocycles. The van der Waals surface area contributed by atoms with Crippen LogP contribution in [0.2, 0.25) is 0 Å². The summed E-state index contributed by atoms with van der Waals surface area (Å²) in [5.41, 5.74) is 0.412. The van der Waals surface area contributed by atoms with Gasteiger partial charge in [-0.3, -0.25) is 4.68 Å². The molecule has 13 heteroatoms. The number of halogens is 3. The van der Waals surface area contributed by atoms with E-state index < -0.39 is 33.7 Å². The SMILES string of the molecule is C[C@H]1Cn2ncc(N3C=CC=NS3(=O)=O)c2CN1C(=O)Nc1cc(F)c(F)c(F)c1. The summed E-state index contributed by atoms with van der Waals surface area (Å²) >= 11 is 0. The Hall–Kier alpha value is -3.35. The van der Waals surface area contributed by atoms with E-state index >= 15 is 0 Å². The summed E-state index contributed by atoms with van der Waals surface area (Å²) in [6, 6.07) is 0.279. The van der Waals surface area contributed by atoms with Crippen molar-refractivity contribution in [2.24, 2.45) is 4.40 Å². The fourth-order valence-electron chi connectivity index (χ4n) is 3.23. The number of nitrogens with zero attached hydrogens (tertiary/aromatic N) is 5. The van der Waals surface area contributed by atoms with Crippen LogP contribution in [-0.2, 0) is 23.3 Å². The molecule has 0 radical (unpaired) electrons. The summed E-state index contributed by atoms with van der Waals surface area (Å²) in [6.45, 7) is 1.96. The summed E-state index contributed by atoms with van der Waals surface area (Å²) in [5, 5.41) is 6.51. The number of nitrogens with one attached hydrogen (secondary N) is 1. The molecule has 2 aliphatic rings. The highest BCUT2D eigenvalue weighted by Crippen LogP contribution is 2.30. The fourth-order valence-corrected chi connectivity index (χ4v) is 4.18. The number of amides is 2. The van der Waals surface area contributed by atoms with Gasteiger partial charge >= 0.3 is 16.2 Å². The van der Waals surface area contributed by atoms with Crippen LogP contribution in [0.4, 0.5) is 29.3 Å². The van der Waals surface area contributed by atoms with E-state index in [1.807, 2.05) is 0 Å². The van der Waals surface area contributed by atoms with Crippen LogP contribution < -0.4 is 9.62 Å². The Balaban J connectivity index is 1.60. The molecule has 30 heavy (non-hydrogen) atoms. The van der Waals surface area contributed by atoms with Crippen molar-refractivity contribution in [1.29, 1.82) is 0 Å². The Morgan fingerprint density at radius 1 is 1.23 bits per heavy atom.